The van der Waals surface area contributed by atoms with E-state index < -0.39 is 17.7 Å². The van der Waals surface area contributed by atoms with Gasteiger partial charge in [-0.05, 0) is 53.9 Å². The highest BCUT2D eigenvalue weighted by Crippen LogP contribution is 2.40. The standard InChI is InChI=1S/C28H26BrNO5/c1-18-16-22(35-17-19-6-4-3-5-7-19)12-13-23(18)26(31)24-25(20-8-10-21(29)11-9-20)30(14-15-34-2)28(33)27(24)32/h3-13,16,25,31H,14-15,17H2,1-2H3/t25-/m0/s1. The number of Topliss-reactive ketones (excluding diaryl/α,β-unsaturated/α-hetero) is 1. The highest BCUT2D eigenvalue weighted by Gasteiger charge is 2.46. The Morgan fingerprint density at radius 1 is 1.03 bits per heavy atom. The number of hydrogen-bond acceptors (Lipinski definition) is 5. The molecule has 3 aromatic rings. The Labute approximate surface area is 212 Å². The van der Waals surface area contributed by atoms with E-state index in [0.717, 1.165) is 21.2 Å². The van der Waals surface area contributed by atoms with Crippen LogP contribution in [0.25, 0.3) is 5.76 Å². The number of aliphatic hydroxyl groups excluding tert-OH is 1. The van der Waals surface area contributed by atoms with Crippen LogP contribution in [0.2, 0.25) is 0 Å². The lowest BCUT2D eigenvalue weighted by Gasteiger charge is -2.25. The Morgan fingerprint density at radius 2 is 1.74 bits per heavy atom. The molecule has 35 heavy (non-hydrogen) atoms. The third kappa shape index (κ3) is 5.31. The molecule has 0 aliphatic carbocycles. The van der Waals surface area contributed by atoms with E-state index in [1.165, 1.54) is 12.0 Å². The van der Waals surface area contributed by atoms with Crippen molar-refractivity contribution in [1.82, 2.24) is 4.90 Å². The Hall–Kier alpha value is -3.42. The second-order valence-electron chi connectivity index (χ2n) is 8.29. The Balaban J connectivity index is 1.70. The molecule has 180 valence electrons. The van der Waals surface area contributed by atoms with Crippen LogP contribution in [0.15, 0.2) is 82.8 Å². The summed E-state index contributed by atoms with van der Waals surface area (Å²) in [6.07, 6.45) is 0. The molecule has 3 aromatic carbocycles. The smallest absolute Gasteiger partial charge is 0.295 e. The quantitative estimate of drug-likeness (QED) is 0.237. The molecule has 1 aliphatic rings. The number of likely N-dealkylation sites (tertiary alicyclic amines) is 1. The maximum absolute atomic E-state index is 13.1. The van der Waals surface area contributed by atoms with Crippen molar-refractivity contribution in [2.45, 2.75) is 19.6 Å². The molecule has 1 aliphatic heterocycles. The molecule has 1 fully saturated rings. The Kier molecular flexibility index (Phi) is 7.68. The predicted octanol–water partition coefficient (Wildman–Crippen LogP) is 5.40. The minimum absolute atomic E-state index is 0.0643. The summed E-state index contributed by atoms with van der Waals surface area (Å²) >= 11 is 3.42. The van der Waals surface area contributed by atoms with Gasteiger partial charge in [-0.1, -0.05) is 58.4 Å². The fraction of sp³-hybridized carbons (Fsp3) is 0.214. The van der Waals surface area contributed by atoms with Gasteiger partial charge in [-0.2, -0.15) is 0 Å². The molecule has 1 saturated heterocycles. The summed E-state index contributed by atoms with van der Waals surface area (Å²) in [4.78, 5) is 27.5. The van der Waals surface area contributed by atoms with Gasteiger partial charge in [-0.3, -0.25) is 9.59 Å². The number of aliphatic hydroxyl groups is 1. The maximum atomic E-state index is 13.1. The van der Waals surface area contributed by atoms with E-state index >= 15 is 0 Å². The van der Waals surface area contributed by atoms with Crippen molar-refractivity contribution < 1.29 is 24.2 Å². The van der Waals surface area contributed by atoms with Crippen molar-refractivity contribution >= 4 is 33.4 Å². The van der Waals surface area contributed by atoms with E-state index in [-0.39, 0.29) is 24.5 Å². The SMILES string of the molecule is COCCN1C(=O)C(=O)C(=C(O)c2ccc(OCc3ccccc3)cc2C)[C@@H]1c1ccc(Br)cc1. The van der Waals surface area contributed by atoms with Crippen molar-refractivity contribution in [2.75, 3.05) is 20.3 Å². The van der Waals surface area contributed by atoms with E-state index in [2.05, 4.69) is 15.9 Å². The van der Waals surface area contributed by atoms with Crippen molar-refractivity contribution in [3.05, 3.63) is 105 Å². The van der Waals surface area contributed by atoms with Gasteiger partial charge in [0.2, 0.25) is 0 Å². The fourth-order valence-electron chi connectivity index (χ4n) is 4.17. The summed E-state index contributed by atoms with van der Waals surface area (Å²) in [5.74, 6) is -0.927. The minimum atomic E-state index is -0.716. The normalized spacial score (nSPS) is 17.1. The zero-order valence-corrected chi connectivity index (χ0v) is 21.1. The van der Waals surface area contributed by atoms with Crippen LogP contribution in [0.1, 0.15) is 28.3 Å². The van der Waals surface area contributed by atoms with Crippen LogP contribution in [0.3, 0.4) is 0 Å². The fourth-order valence-corrected chi connectivity index (χ4v) is 4.43. The van der Waals surface area contributed by atoms with Crippen LogP contribution in [0, 0.1) is 6.92 Å². The zero-order chi connectivity index (χ0) is 24.9. The van der Waals surface area contributed by atoms with Gasteiger partial charge in [-0.15, -0.1) is 0 Å². The largest absolute Gasteiger partial charge is 0.507 e. The molecule has 4 rings (SSSR count). The number of ether oxygens (including phenoxy) is 2. The highest BCUT2D eigenvalue weighted by molar-refractivity contribution is 9.10. The van der Waals surface area contributed by atoms with Crippen LogP contribution >= 0.6 is 15.9 Å². The van der Waals surface area contributed by atoms with Crippen molar-refractivity contribution in [1.29, 1.82) is 0 Å². The van der Waals surface area contributed by atoms with Crippen LogP contribution < -0.4 is 4.74 Å². The number of carbonyl (C=O) groups excluding carboxylic acids is 2. The van der Waals surface area contributed by atoms with E-state index in [9.17, 15) is 14.7 Å². The molecule has 0 radical (unpaired) electrons. The third-order valence-corrected chi connectivity index (χ3v) is 6.49. The van der Waals surface area contributed by atoms with Gasteiger partial charge in [0, 0.05) is 23.7 Å². The lowest BCUT2D eigenvalue weighted by atomic mass is 9.94. The van der Waals surface area contributed by atoms with Crippen LogP contribution in [-0.4, -0.2) is 42.0 Å². The number of aryl methyl sites for hydroxylation is 1. The number of amides is 1. The van der Waals surface area contributed by atoms with Gasteiger partial charge in [-0.25, -0.2) is 0 Å². The number of ketones is 1. The maximum Gasteiger partial charge on any atom is 0.295 e. The summed E-state index contributed by atoms with van der Waals surface area (Å²) in [7, 11) is 1.54. The first kappa shape index (κ1) is 24.7. The first-order valence-electron chi connectivity index (χ1n) is 11.2. The minimum Gasteiger partial charge on any atom is -0.507 e. The summed E-state index contributed by atoms with van der Waals surface area (Å²) in [6.45, 7) is 2.75. The monoisotopic (exact) mass is 535 g/mol. The van der Waals surface area contributed by atoms with Gasteiger partial charge >= 0.3 is 0 Å². The molecule has 1 N–H and O–H groups in total. The number of methoxy groups -OCH3 is 1. The number of hydrogen-bond donors (Lipinski definition) is 1. The lowest BCUT2D eigenvalue weighted by molar-refractivity contribution is -0.140. The van der Waals surface area contributed by atoms with Gasteiger partial charge in [0.15, 0.2) is 0 Å². The molecule has 0 spiro atoms. The summed E-state index contributed by atoms with van der Waals surface area (Å²) in [5, 5.41) is 11.3. The average Bonchev–Trinajstić information content (AvgIpc) is 3.12. The molecule has 0 aromatic heterocycles. The Morgan fingerprint density at radius 3 is 2.40 bits per heavy atom. The number of rotatable bonds is 8. The zero-order valence-electron chi connectivity index (χ0n) is 19.5. The van der Waals surface area contributed by atoms with Crippen molar-refractivity contribution in [3.63, 3.8) is 0 Å². The number of benzene rings is 3. The summed E-state index contributed by atoms with van der Waals surface area (Å²) in [5.41, 5.74) is 3.04. The number of carbonyl (C=O) groups is 2. The lowest BCUT2D eigenvalue weighted by Crippen LogP contribution is -2.32. The van der Waals surface area contributed by atoms with Gasteiger partial charge in [0.05, 0.1) is 18.2 Å². The molecule has 7 heteroatoms. The third-order valence-electron chi connectivity index (χ3n) is 5.96. The second kappa shape index (κ2) is 10.9. The molecule has 0 saturated carbocycles. The van der Waals surface area contributed by atoms with Crippen LogP contribution in [0.4, 0.5) is 0 Å². The number of halogens is 1. The molecule has 0 unspecified atom stereocenters. The highest BCUT2D eigenvalue weighted by atomic mass is 79.9. The van der Waals surface area contributed by atoms with Gasteiger partial charge in [0.25, 0.3) is 11.7 Å². The average molecular weight is 536 g/mol. The van der Waals surface area contributed by atoms with Crippen LogP contribution in [-0.2, 0) is 20.9 Å². The first-order valence-corrected chi connectivity index (χ1v) is 12.0. The van der Waals surface area contributed by atoms with Crippen LogP contribution in [0.5, 0.6) is 5.75 Å². The topological polar surface area (TPSA) is 76.1 Å². The second-order valence-corrected chi connectivity index (χ2v) is 9.20. The number of nitrogens with zero attached hydrogens (tertiary/aromatic N) is 1. The van der Waals surface area contributed by atoms with Crippen molar-refractivity contribution in [3.8, 4) is 5.75 Å². The molecular weight excluding hydrogens is 510 g/mol. The van der Waals surface area contributed by atoms with E-state index in [0.29, 0.717) is 17.9 Å². The van der Waals surface area contributed by atoms with E-state index in [1.54, 1.807) is 12.1 Å². The Bertz CT molecular complexity index is 1250. The van der Waals surface area contributed by atoms with Gasteiger partial charge in [0.1, 0.15) is 18.1 Å². The summed E-state index contributed by atoms with van der Waals surface area (Å²) in [6, 6.07) is 21.7. The molecule has 1 atom stereocenters. The summed E-state index contributed by atoms with van der Waals surface area (Å²) < 4.78 is 11.9. The molecule has 1 heterocycles. The van der Waals surface area contributed by atoms with E-state index in [4.69, 9.17) is 9.47 Å². The predicted molar refractivity (Wildman–Crippen MR) is 137 cm³/mol. The molecule has 6 nitrogen and oxygen atoms in total. The molecule has 1 amide bonds. The van der Waals surface area contributed by atoms with Gasteiger partial charge < -0.3 is 19.5 Å². The van der Waals surface area contributed by atoms with Crippen molar-refractivity contribution in [2.24, 2.45) is 0 Å². The first-order chi connectivity index (χ1) is 16.9. The molecule has 0 bridgehead atoms. The molecular formula is C28H26BrNO5. The van der Waals surface area contributed by atoms with E-state index in [1.807, 2.05) is 67.6 Å².